The number of tetrazole rings is 1. The van der Waals surface area contributed by atoms with Crippen LogP contribution in [0.1, 0.15) is 41.9 Å². The lowest BCUT2D eigenvalue weighted by molar-refractivity contribution is 0.0219. The Morgan fingerprint density at radius 2 is 2.03 bits per heavy atom. The number of hydrogen-bond acceptors (Lipinski definition) is 9. The third-order valence-electron chi connectivity index (χ3n) is 6.77. The van der Waals surface area contributed by atoms with E-state index in [1.807, 2.05) is 36.1 Å². The van der Waals surface area contributed by atoms with E-state index < -0.39 is 12.4 Å². The number of ether oxygens (including phenoxy) is 1. The van der Waals surface area contributed by atoms with E-state index in [2.05, 4.69) is 30.9 Å². The van der Waals surface area contributed by atoms with Crippen molar-refractivity contribution < 1.29 is 19.4 Å². The Bertz CT molecular complexity index is 1470. The number of nitrogens with one attached hydrogen (secondary N) is 1. The average Bonchev–Trinajstić information content (AvgIpc) is 3.56. The molecule has 3 aromatic heterocycles. The van der Waals surface area contributed by atoms with Crippen LogP contribution in [0.5, 0.6) is 0 Å². The van der Waals surface area contributed by atoms with Gasteiger partial charge in [-0.2, -0.15) is 9.78 Å². The smallest absolute Gasteiger partial charge is 0.450 e. The average molecular weight is 532 g/mol. The molecule has 2 N–H and O–H groups in total. The molecule has 4 heterocycles. The van der Waals surface area contributed by atoms with E-state index >= 15 is 0 Å². The molecular formula is C26H29N9O4. The van der Waals surface area contributed by atoms with Gasteiger partial charge in [-0.25, -0.2) is 9.78 Å². The number of hydrogen-bond donors (Lipinski definition) is 2. The molecule has 1 aliphatic heterocycles. The maximum absolute atomic E-state index is 13.9. The van der Waals surface area contributed by atoms with Crippen LogP contribution in [0, 0.1) is 6.92 Å². The van der Waals surface area contributed by atoms with Gasteiger partial charge in [0.05, 0.1) is 12.2 Å². The second-order valence-corrected chi connectivity index (χ2v) is 9.36. The van der Waals surface area contributed by atoms with Crippen LogP contribution in [-0.2, 0) is 11.8 Å². The van der Waals surface area contributed by atoms with Crippen molar-refractivity contribution in [3.8, 4) is 22.6 Å². The number of carbonyl (C=O) groups is 2. The Kier molecular flexibility index (Phi) is 7.32. The fourth-order valence-electron chi connectivity index (χ4n) is 4.85. The highest BCUT2D eigenvalue weighted by molar-refractivity contribution is 6.06. The van der Waals surface area contributed by atoms with Gasteiger partial charge >= 0.3 is 6.16 Å². The number of anilines is 1. The van der Waals surface area contributed by atoms with Crippen LogP contribution in [-0.4, -0.2) is 71.3 Å². The second kappa shape index (κ2) is 11.0. The number of benzene rings is 1. The number of piperidine rings is 1. The van der Waals surface area contributed by atoms with Crippen LogP contribution in [0.15, 0.2) is 48.8 Å². The second-order valence-electron chi connectivity index (χ2n) is 9.36. The van der Waals surface area contributed by atoms with Crippen LogP contribution >= 0.6 is 0 Å². The molecule has 202 valence electrons. The summed E-state index contributed by atoms with van der Waals surface area (Å²) in [6.45, 7) is 5.13. The molecule has 1 saturated heterocycles. The topological polar surface area (TPSA) is 153 Å². The van der Waals surface area contributed by atoms with E-state index in [1.165, 1.54) is 11.6 Å². The molecule has 0 unspecified atom stereocenters. The van der Waals surface area contributed by atoms with Gasteiger partial charge in [-0.05, 0) is 73.0 Å². The summed E-state index contributed by atoms with van der Waals surface area (Å²) >= 11 is 0. The lowest BCUT2D eigenvalue weighted by Gasteiger charge is -2.34. The molecule has 5 rings (SSSR count). The highest BCUT2D eigenvalue weighted by Crippen LogP contribution is 2.32. The minimum atomic E-state index is -1.44. The Labute approximate surface area is 224 Å². The number of carboxylic acid groups (broad SMARTS) is 1. The largest absolute Gasteiger partial charge is 0.507 e. The zero-order chi connectivity index (χ0) is 27.5. The molecule has 1 aromatic carbocycles. The maximum Gasteiger partial charge on any atom is 0.507 e. The van der Waals surface area contributed by atoms with E-state index in [0.29, 0.717) is 35.0 Å². The zero-order valence-corrected chi connectivity index (χ0v) is 21.9. The van der Waals surface area contributed by atoms with Crippen LogP contribution < -0.4 is 10.2 Å². The summed E-state index contributed by atoms with van der Waals surface area (Å²) in [5.74, 6) is 0.840. The molecular weight excluding hydrogens is 502 g/mol. The Morgan fingerprint density at radius 1 is 1.23 bits per heavy atom. The molecule has 1 aliphatic rings. The minimum absolute atomic E-state index is 0.00155. The van der Waals surface area contributed by atoms with Crippen LogP contribution in [0.25, 0.3) is 22.6 Å². The normalized spacial score (nSPS) is 16.0. The van der Waals surface area contributed by atoms with Crippen molar-refractivity contribution in [1.82, 2.24) is 40.3 Å². The van der Waals surface area contributed by atoms with Gasteiger partial charge in [0.25, 0.3) is 5.91 Å². The summed E-state index contributed by atoms with van der Waals surface area (Å²) in [6, 6.07) is 11.1. The molecule has 0 aliphatic carbocycles. The third-order valence-corrected chi connectivity index (χ3v) is 6.77. The van der Waals surface area contributed by atoms with Gasteiger partial charge < -0.3 is 15.2 Å². The van der Waals surface area contributed by atoms with Crippen molar-refractivity contribution in [3.05, 3.63) is 59.9 Å². The molecule has 0 saturated carbocycles. The highest BCUT2D eigenvalue weighted by atomic mass is 16.7. The number of rotatable bonds is 7. The standard InChI is InChI=1S/C26H29N9O4/c1-16-6-4-13-28-23(16)34(20-7-5-12-27-14-20)25(36)19-10-8-18(9-11-19)21-15-29-33(3)22(21)24-30-31-32-35(24)17(2)39-26(37)38/h4,6,8-11,13,15,17,20,27H,5,7,12,14H2,1-3H3,(H,37,38)/t17-,20+/m0/s1. The molecule has 0 bridgehead atoms. The molecule has 2 atom stereocenters. The van der Waals surface area contributed by atoms with Crippen molar-refractivity contribution in [2.24, 2.45) is 7.05 Å². The van der Waals surface area contributed by atoms with Gasteiger partial charge in [-0.3, -0.25) is 14.4 Å². The summed E-state index contributed by atoms with van der Waals surface area (Å²) < 4.78 is 7.71. The van der Waals surface area contributed by atoms with Gasteiger partial charge in [-0.15, -0.1) is 5.10 Å². The van der Waals surface area contributed by atoms with Crippen LogP contribution in [0.2, 0.25) is 0 Å². The van der Waals surface area contributed by atoms with E-state index in [1.54, 1.807) is 36.3 Å². The fraction of sp³-hybridized carbons (Fsp3) is 0.346. The molecule has 39 heavy (non-hydrogen) atoms. The van der Waals surface area contributed by atoms with Gasteiger partial charge in [-0.1, -0.05) is 18.2 Å². The van der Waals surface area contributed by atoms with Crippen molar-refractivity contribution in [2.75, 3.05) is 18.0 Å². The van der Waals surface area contributed by atoms with E-state index in [9.17, 15) is 9.59 Å². The van der Waals surface area contributed by atoms with E-state index in [-0.39, 0.29) is 11.9 Å². The third kappa shape index (κ3) is 5.21. The van der Waals surface area contributed by atoms with E-state index in [4.69, 9.17) is 9.84 Å². The monoisotopic (exact) mass is 531 g/mol. The molecule has 0 spiro atoms. The summed E-state index contributed by atoms with van der Waals surface area (Å²) in [4.78, 5) is 31.3. The number of nitrogens with zero attached hydrogens (tertiary/aromatic N) is 8. The number of carbonyl (C=O) groups excluding carboxylic acids is 1. The summed E-state index contributed by atoms with van der Waals surface area (Å²) in [5, 5.41) is 28.5. The molecule has 1 amide bonds. The molecule has 1 fully saturated rings. The fourth-order valence-corrected chi connectivity index (χ4v) is 4.85. The van der Waals surface area contributed by atoms with Crippen molar-refractivity contribution >= 4 is 17.9 Å². The summed E-state index contributed by atoms with van der Waals surface area (Å²) in [7, 11) is 1.74. The predicted molar refractivity (Wildman–Crippen MR) is 141 cm³/mol. The number of pyridine rings is 1. The van der Waals surface area contributed by atoms with Crippen molar-refractivity contribution in [3.63, 3.8) is 0 Å². The Hall–Kier alpha value is -4.65. The minimum Gasteiger partial charge on any atom is -0.450 e. The zero-order valence-electron chi connectivity index (χ0n) is 21.9. The predicted octanol–water partition coefficient (Wildman–Crippen LogP) is 3.06. The lowest BCUT2D eigenvalue weighted by Crippen LogP contribution is -2.49. The van der Waals surface area contributed by atoms with Gasteiger partial charge in [0, 0.05) is 30.9 Å². The van der Waals surface area contributed by atoms with Gasteiger partial charge in [0.1, 0.15) is 11.5 Å². The quantitative estimate of drug-likeness (QED) is 0.340. The number of aryl methyl sites for hydroxylation is 2. The summed E-state index contributed by atoms with van der Waals surface area (Å²) in [6.07, 6.45) is 2.87. The highest BCUT2D eigenvalue weighted by Gasteiger charge is 2.30. The molecule has 13 heteroatoms. The molecule has 4 aromatic rings. The van der Waals surface area contributed by atoms with Crippen molar-refractivity contribution in [1.29, 1.82) is 0 Å². The summed E-state index contributed by atoms with van der Waals surface area (Å²) in [5.41, 5.74) is 3.54. The van der Waals surface area contributed by atoms with Crippen LogP contribution in [0.4, 0.5) is 10.6 Å². The van der Waals surface area contributed by atoms with Crippen LogP contribution in [0.3, 0.4) is 0 Å². The van der Waals surface area contributed by atoms with Crippen molar-refractivity contribution in [2.45, 2.75) is 39.0 Å². The van der Waals surface area contributed by atoms with Gasteiger partial charge in [0.15, 0.2) is 6.23 Å². The first kappa shape index (κ1) is 26.0. The first-order valence-corrected chi connectivity index (χ1v) is 12.6. The first-order chi connectivity index (χ1) is 18.8. The number of aromatic nitrogens is 7. The molecule has 13 nitrogen and oxygen atoms in total. The maximum atomic E-state index is 13.9. The van der Waals surface area contributed by atoms with E-state index in [0.717, 1.165) is 30.5 Å². The lowest BCUT2D eigenvalue weighted by atomic mass is 10.0. The number of amides is 1. The Balaban J connectivity index is 1.47. The first-order valence-electron chi connectivity index (χ1n) is 12.6. The van der Waals surface area contributed by atoms with Gasteiger partial charge in [0.2, 0.25) is 5.82 Å². The Morgan fingerprint density at radius 3 is 2.72 bits per heavy atom. The SMILES string of the molecule is Cc1cccnc1N(C(=O)c1ccc(-c2cnn(C)c2-c2nnnn2[C@H](C)OC(=O)O)cc1)[C@@H]1CCCNC1. The molecule has 0 radical (unpaired) electrons.